The molecule has 0 aliphatic carbocycles. The van der Waals surface area contributed by atoms with Crippen molar-refractivity contribution >= 4 is 11.9 Å². The maximum absolute atomic E-state index is 10.6. The molecule has 0 aliphatic heterocycles. The molecule has 0 N–H and O–H groups in total. The third kappa shape index (κ3) is 3.31. The number of hydrogen-bond acceptors (Lipinski definition) is 2. The summed E-state index contributed by atoms with van der Waals surface area (Å²) in [5, 5.41) is 0. The fourth-order valence-electron chi connectivity index (χ4n) is 1.55. The van der Waals surface area contributed by atoms with Crippen LogP contribution in [0.3, 0.4) is 0 Å². The molecule has 1 aromatic rings. The molecule has 0 saturated heterocycles. The molecule has 1 rings (SSSR count). The fraction of sp³-hybridized carbons (Fsp3) is 0.385. The van der Waals surface area contributed by atoms with Crippen molar-refractivity contribution in [2.24, 2.45) is 0 Å². The van der Waals surface area contributed by atoms with Crippen LogP contribution in [0.1, 0.15) is 49.2 Å². The van der Waals surface area contributed by atoms with Gasteiger partial charge in [0.05, 0.1) is 5.69 Å². The molecule has 2 nitrogen and oxygen atoms in total. The second kappa shape index (κ2) is 6.12. The van der Waals surface area contributed by atoms with E-state index in [1.54, 1.807) is 12.3 Å². The van der Waals surface area contributed by atoms with Crippen LogP contribution in [0.2, 0.25) is 0 Å². The Morgan fingerprint density at radius 1 is 1.47 bits per heavy atom. The summed E-state index contributed by atoms with van der Waals surface area (Å²) in [4.78, 5) is 14.9. The molecular formula is C13H17NO. The van der Waals surface area contributed by atoms with Gasteiger partial charge in [-0.05, 0) is 30.5 Å². The van der Waals surface area contributed by atoms with Crippen LogP contribution < -0.4 is 0 Å². The first-order valence-corrected chi connectivity index (χ1v) is 5.42. The number of carbonyl (C=O) groups excluding carboxylic acids is 1. The first-order chi connectivity index (χ1) is 7.31. The van der Waals surface area contributed by atoms with Crippen molar-refractivity contribution in [1.82, 2.24) is 4.98 Å². The van der Waals surface area contributed by atoms with Crippen molar-refractivity contribution < 1.29 is 4.79 Å². The van der Waals surface area contributed by atoms with Crippen LogP contribution in [0.15, 0.2) is 24.4 Å². The van der Waals surface area contributed by atoms with Crippen molar-refractivity contribution in [2.45, 2.75) is 33.1 Å². The monoisotopic (exact) mass is 203 g/mol. The number of hydrogen-bond donors (Lipinski definition) is 0. The van der Waals surface area contributed by atoms with Gasteiger partial charge >= 0.3 is 0 Å². The molecule has 0 radical (unpaired) electrons. The Kier molecular flexibility index (Phi) is 4.75. The molecule has 0 amide bonds. The lowest BCUT2D eigenvalue weighted by Crippen LogP contribution is -1.91. The number of rotatable bonds is 5. The minimum Gasteiger partial charge on any atom is -0.298 e. The van der Waals surface area contributed by atoms with E-state index >= 15 is 0 Å². The molecular weight excluding hydrogens is 186 g/mol. The Bertz CT molecular complexity index is 355. The van der Waals surface area contributed by atoms with E-state index in [-0.39, 0.29) is 0 Å². The van der Waals surface area contributed by atoms with Gasteiger partial charge in [-0.3, -0.25) is 9.78 Å². The highest BCUT2D eigenvalue weighted by molar-refractivity contribution is 5.77. The Hall–Kier alpha value is -1.44. The summed E-state index contributed by atoms with van der Waals surface area (Å²) < 4.78 is 0. The molecule has 15 heavy (non-hydrogen) atoms. The predicted molar refractivity (Wildman–Crippen MR) is 62.8 cm³/mol. The van der Waals surface area contributed by atoms with Crippen molar-refractivity contribution in [3.63, 3.8) is 0 Å². The smallest absolute Gasteiger partial charge is 0.150 e. The number of allylic oxidation sites excluding steroid dienone is 2. The van der Waals surface area contributed by atoms with Gasteiger partial charge in [0.1, 0.15) is 6.29 Å². The number of aldehydes is 1. The van der Waals surface area contributed by atoms with Crippen molar-refractivity contribution in [1.29, 1.82) is 0 Å². The lowest BCUT2D eigenvalue weighted by Gasteiger charge is -2.05. The maximum atomic E-state index is 10.6. The van der Waals surface area contributed by atoms with Gasteiger partial charge in [0, 0.05) is 11.8 Å². The van der Waals surface area contributed by atoms with Crippen LogP contribution in [-0.2, 0) is 0 Å². The van der Waals surface area contributed by atoms with Gasteiger partial charge in [0.25, 0.3) is 0 Å². The number of carbonyl (C=O) groups is 1. The minimum atomic E-state index is 0.693. The highest BCUT2D eigenvalue weighted by atomic mass is 16.1. The lowest BCUT2D eigenvalue weighted by atomic mass is 10.0. The normalized spacial score (nSPS) is 11.5. The van der Waals surface area contributed by atoms with E-state index in [0.717, 1.165) is 31.2 Å². The molecule has 0 aromatic carbocycles. The molecule has 0 unspecified atom stereocenters. The summed E-state index contributed by atoms with van der Waals surface area (Å²) in [7, 11) is 0. The molecule has 0 fully saturated rings. The SMILES string of the molecule is CC/C=C(\CCC)c1cc(C=O)ccn1. The first-order valence-electron chi connectivity index (χ1n) is 5.42. The molecule has 2 heteroatoms. The van der Waals surface area contributed by atoms with E-state index in [0.29, 0.717) is 5.56 Å². The van der Waals surface area contributed by atoms with Gasteiger partial charge in [0.2, 0.25) is 0 Å². The van der Waals surface area contributed by atoms with Gasteiger partial charge in [-0.25, -0.2) is 0 Å². The quantitative estimate of drug-likeness (QED) is 0.686. The van der Waals surface area contributed by atoms with Crippen molar-refractivity contribution in [3.05, 3.63) is 35.7 Å². The third-order valence-electron chi connectivity index (χ3n) is 2.22. The van der Waals surface area contributed by atoms with Crippen molar-refractivity contribution in [2.75, 3.05) is 0 Å². The summed E-state index contributed by atoms with van der Waals surface area (Å²) in [5.41, 5.74) is 2.87. The van der Waals surface area contributed by atoms with Crippen LogP contribution in [0.25, 0.3) is 5.57 Å². The average Bonchev–Trinajstić information content (AvgIpc) is 2.29. The molecule has 80 valence electrons. The lowest BCUT2D eigenvalue weighted by molar-refractivity contribution is 0.112. The second-order valence-corrected chi connectivity index (χ2v) is 3.48. The van der Waals surface area contributed by atoms with E-state index in [4.69, 9.17) is 0 Å². The predicted octanol–water partition coefficient (Wildman–Crippen LogP) is 3.49. The first kappa shape index (κ1) is 11.6. The van der Waals surface area contributed by atoms with E-state index in [1.807, 2.05) is 6.07 Å². The van der Waals surface area contributed by atoms with E-state index in [1.165, 1.54) is 5.57 Å². The topological polar surface area (TPSA) is 30.0 Å². The van der Waals surface area contributed by atoms with E-state index < -0.39 is 0 Å². The van der Waals surface area contributed by atoms with Gasteiger partial charge in [-0.1, -0.05) is 26.3 Å². The summed E-state index contributed by atoms with van der Waals surface area (Å²) in [6.45, 7) is 4.26. The molecule has 1 aromatic heterocycles. The highest BCUT2D eigenvalue weighted by Gasteiger charge is 2.02. The Balaban J connectivity index is 2.99. The molecule has 0 atom stereocenters. The fourth-order valence-corrected chi connectivity index (χ4v) is 1.55. The van der Waals surface area contributed by atoms with Crippen LogP contribution >= 0.6 is 0 Å². The molecule has 1 heterocycles. The van der Waals surface area contributed by atoms with Crippen LogP contribution in [0, 0.1) is 0 Å². The Morgan fingerprint density at radius 2 is 2.27 bits per heavy atom. The highest BCUT2D eigenvalue weighted by Crippen LogP contribution is 2.18. The Morgan fingerprint density at radius 3 is 2.87 bits per heavy atom. The molecule has 0 spiro atoms. The van der Waals surface area contributed by atoms with Crippen LogP contribution in [0.4, 0.5) is 0 Å². The standard InChI is InChI=1S/C13H17NO/c1-3-5-12(6-4-2)13-9-11(10-15)7-8-14-13/h5,7-10H,3-4,6H2,1-2H3/b12-5+. The van der Waals surface area contributed by atoms with Crippen LogP contribution in [-0.4, -0.2) is 11.3 Å². The van der Waals surface area contributed by atoms with Crippen LogP contribution in [0.5, 0.6) is 0 Å². The van der Waals surface area contributed by atoms with E-state index in [2.05, 4.69) is 24.9 Å². The summed E-state index contributed by atoms with van der Waals surface area (Å²) in [5.74, 6) is 0. The third-order valence-corrected chi connectivity index (χ3v) is 2.22. The largest absolute Gasteiger partial charge is 0.298 e. The number of nitrogens with zero attached hydrogens (tertiary/aromatic N) is 1. The summed E-state index contributed by atoms with van der Waals surface area (Å²) in [6.07, 6.45) is 7.85. The zero-order chi connectivity index (χ0) is 11.1. The zero-order valence-corrected chi connectivity index (χ0v) is 9.36. The average molecular weight is 203 g/mol. The van der Waals surface area contributed by atoms with Gasteiger partial charge in [-0.15, -0.1) is 0 Å². The minimum absolute atomic E-state index is 0.693. The van der Waals surface area contributed by atoms with Gasteiger partial charge in [-0.2, -0.15) is 0 Å². The summed E-state index contributed by atoms with van der Waals surface area (Å²) >= 11 is 0. The molecule has 0 bridgehead atoms. The van der Waals surface area contributed by atoms with Gasteiger partial charge < -0.3 is 0 Å². The number of pyridine rings is 1. The molecule has 0 saturated carbocycles. The van der Waals surface area contributed by atoms with E-state index in [9.17, 15) is 4.79 Å². The molecule has 0 aliphatic rings. The Labute approximate surface area is 91.0 Å². The summed E-state index contributed by atoms with van der Waals surface area (Å²) in [6, 6.07) is 3.58. The zero-order valence-electron chi connectivity index (χ0n) is 9.36. The van der Waals surface area contributed by atoms with Gasteiger partial charge in [0.15, 0.2) is 0 Å². The maximum Gasteiger partial charge on any atom is 0.150 e. The number of aromatic nitrogens is 1. The second-order valence-electron chi connectivity index (χ2n) is 3.48. The van der Waals surface area contributed by atoms with Crippen molar-refractivity contribution in [3.8, 4) is 0 Å².